The molecule has 3 rings (SSSR count). The number of benzene rings is 2. The van der Waals surface area contributed by atoms with Crippen molar-refractivity contribution < 1.29 is 14.6 Å². The molecule has 0 radical (unpaired) electrons. The van der Waals surface area contributed by atoms with Gasteiger partial charge in [-0.2, -0.15) is 0 Å². The highest BCUT2D eigenvalue weighted by atomic mass is 32.1. The lowest BCUT2D eigenvalue weighted by Gasteiger charge is -2.16. The number of thiophene rings is 1. The molecule has 0 aliphatic heterocycles. The standard InChI is InChI=1S/C18H16O3S/c1-21-16-9-8-12-5-2-3-6-13(12)14(16)11-15(18(19)20)17-7-4-10-22-17/h2-10,15H,11H2,1H3,(H,19,20). The minimum atomic E-state index is -0.808. The van der Waals surface area contributed by atoms with E-state index >= 15 is 0 Å². The average molecular weight is 312 g/mol. The van der Waals surface area contributed by atoms with Gasteiger partial charge in [0.05, 0.1) is 13.0 Å². The van der Waals surface area contributed by atoms with Gasteiger partial charge in [0.25, 0.3) is 0 Å². The Balaban J connectivity index is 2.10. The van der Waals surface area contributed by atoms with Gasteiger partial charge in [-0.25, -0.2) is 0 Å². The molecule has 0 spiro atoms. The van der Waals surface area contributed by atoms with Gasteiger partial charge in [0.15, 0.2) is 0 Å². The number of aliphatic carboxylic acids is 1. The molecule has 1 heterocycles. The molecule has 0 aliphatic carbocycles. The van der Waals surface area contributed by atoms with Gasteiger partial charge in [-0.15, -0.1) is 11.3 Å². The number of hydrogen-bond donors (Lipinski definition) is 1. The van der Waals surface area contributed by atoms with Gasteiger partial charge in [0, 0.05) is 10.4 Å². The van der Waals surface area contributed by atoms with E-state index < -0.39 is 11.9 Å². The van der Waals surface area contributed by atoms with E-state index in [9.17, 15) is 9.90 Å². The van der Waals surface area contributed by atoms with Crippen molar-refractivity contribution in [3.8, 4) is 5.75 Å². The number of rotatable bonds is 5. The third-order valence-electron chi connectivity index (χ3n) is 3.81. The Morgan fingerprint density at radius 2 is 2.00 bits per heavy atom. The zero-order chi connectivity index (χ0) is 15.5. The van der Waals surface area contributed by atoms with E-state index in [1.807, 2.05) is 53.9 Å². The van der Waals surface area contributed by atoms with Crippen molar-refractivity contribution in [1.29, 1.82) is 0 Å². The Kier molecular flexibility index (Phi) is 4.11. The van der Waals surface area contributed by atoms with E-state index in [0.717, 1.165) is 27.0 Å². The molecule has 3 nitrogen and oxygen atoms in total. The van der Waals surface area contributed by atoms with Crippen molar-refractivity contribution in [1.82, 2.24) is 0 Å². The fourth-order valence-corrected chi connectivity index (χ4v) is 3.54. The molecule has 112 valence electrons. The van der Waals surface area contributed by atoms with Crippen molar-refractivity contribution >= 4 is 28.1 Å². The Labute approximate surface area is 132 Å². The minimum Gasteiger partial charge on any atom is -0.496 e. The minimum absolute atomic E-state index is 0.417. The van der Waals surface area contributed by atoms with Crippen LogP contribution in [0, 0.1) is 0 Å². The smallest absolute Gasteiger partial charge is 0.312 e. The summed E-state index contributed by atoms with van der Waals surface area (Å²) in [5, 5.41) is 13.7. The van der Waals surface area contributed by atoms with Gasteiger partial charge < -0.3 is 9.84 Å². The van der Waals surface area contributed by atoms with Gasteiger partial charge in [0.1, 0.15) is 5.75 Å². The summed E-state index contributed by atoms with van der Waals surface area (Å²) in [6.07, 6.45) is 0.417. The summed E-state index contributed by atoms with van der Waals surface area (Å²) in [7, 11) is 1.62. The van der Waals surface area contributed by atoms with Gasteiger partial charge in [-0.05, 0) is 34.7 Å². The number of methoxy groups -OCH3 is 1. The van der Waals surface area contributed by atoms with Crippen LogP contribution in [-0.2, 0) is 11.2 Å². The first-order valence-corrected chi connectivity index (χ1v) is 7.89. The molecule has 0 saturated carbocycles. The number of carboxylic acids is 1. The van der Waals surface area contributed by atoms with Crippen LogP contribution in [0.4, 0.5) is 0 Å². The summed E-state index contributed by atoms with van der Waals surface area (Å²) in [4.78, 5) is 12.6. The van der Waals surface area contributed by atoms with E-state index in [2.05, 4.69) is 0 Å². The van der Waals surface area contributed by atoms with Gasteiger partial charge in [-0.3, -0.25) is 4.79 Å². The van der Waals surface area contributed by atoms with Crippen molar-refractivity contribution in [3.05, 3.63) is 64.4 Å². The zero-order valence-electron chi connectivity index (χ0n) is 12.2. The molecule has 0 bridgehead atoms. The third kappa shape index (κ3) is 2.70. The van der Waals surface area contributed by atoms with Gasteiger partial charge in [0.2, 0.25) is 0 Å². The molecule has 0 fully saturated rings. The van der Waals surface area contributed by atoms with Crippen LogP contribution in [-0.4, -0.2) is 18.2 Å². The maximum Gasteiger partial charge on any atom is 0.312 e. The molecule has 1 aromatic heterocycles. The first-order valence-electron chi connectivity index (χ1n) is 7.01. The molecule has 1 N–H and O–H groups in total. The zero-order valence-corrected chi connectivity index (χ0v) is 13.0. The predicted molar refractivity (Wildman–Crippen MR) is 88.9 cm³/mol. The number of carboxylic acid groups (broad SMARTS) is 1. The number of ether oxygens (including phenoxy) is 1. The quantitative estimate of drug-likeness (QED) is 0.763. The average Bonchev–Trinajstić information content (AvgIpc) is 3.06. The Bertz CT molecular complexity index is 793. The third-order valence-corrected chi connectivity index (χ3v) is 4.80. The van der Waals surface area contributed by atoms with Gasteiger partial charge in [-0.1, -0.05) is 36.4 Å². The van der Waals surface area contributed by atoms with E-state index in [4.69, 9.17) is 4.74 Å². The molecule has 4 heteroatoms. The molecular formula is C18H16O3S. The van der Waals surface area contributed by atoms with E-state index in [-0.39, 0.29) is 0 Å². The first-order chi connectivity index (χ1) is 10.7. The second-order valence-electron chi connectivity index (χ2n) is 5.08. The van der Waals surface area contributed by atoms with E-state index in [1.165, 1.54) is 11.3 Å². The summed E-state index contributed by atoms with van der Waals surface area (Å²) in [5.74, 6) is -0.626. The van der Waals surface area contributed by atoms with Crippen molar-refractivity contribution in [2.24, 2.45) is 0 Å². The molecule has 0 saturated heterocycles. The normalized spacial score (nSPS) is 12.2. The largest absolute Gasteiger partial charge is 0.496 e. The van der Waals surface area contributed by atoms with Crippen molar-refractivity contribution in [3.63, 3.8) is 0 Å². The second-order valence-corrected chi connectivity index (χ2v) is 6.06. The van der Waals surface area contributed by atoms with Crippen molar-refractivity contribution in [2.45, 2.75) is 12.3 Å². The molecule has 22 heavy (non-hydrogen) atoms. The maximum atomic E-state index is 11.7. The van der Waals surface area contributed by atoms with Crippen LogP contribution in [0.5, 0.6) is 5.75 Å². The number of fused-ring (bicyclic) bond motifs is 1. The van der Waals surface area contributed by atoms with Crippen LogP contribution in [0.2, 0.25) is 0 Å². The monoisotopic (exact) mass is 312 g/mol. The van der Waals surface area contributed by atoms with E-state index in [0.29, 0.717) is 6.42 Å². The molecule has 0 aliphatic rings. The highest BCUT2D eigenvalue weighted by Crippen LogP contribution is 2.34. The topological polar surface area (TPSA) is 46.5 Å². The highest BCUT2D eigenvalue weighted by Gasteiger charge is 2.24. The molecular weight excluding hydrogens is 296 g/mol. The molecule has 1 atom stereocenters. The lowest BCUT2D eigenvalue weighted by molar-refractivity contribution is -0.138. The Hall–Kier alpha value is -2.33. The fourth-order valence-electron chi connectivity index (χ4n) is 2.72. The molecule has 2 aromatic carbocycles. The SMILES string of the molecule is COc1ccc2ccccc2c1CC(C(=O)O)c1cccs1. The lowest BCUT2D eigenvalue weighted by atomic mass is 9.93. The van der Waals surface area contributed by atoms with Crippen LogP contribution >= 0.6 is 11.3 Å². The summed E-state index contributed by atoms with van der Waals surface area (Å²) >= 11 is 1.48. The second kappa shape index (κ2) is 6.20. The summed E-state index contributed by atoms with van der Waals surface area (Å²) in [5.41, 5.74) is 0.946. The highest BCUT2D eigenvalue weighted by molar-refractivity contribution is 7.10. The van der Waals surface area contributed by atoms with E-state index in [1.54, 1.807) is 7.11 Å². The number of carbonyl (C=O) groups is 1. The molecule has 0 amide bonds. The van der Waals surface area contributed by atoms with Crippen molar-refractivity contribution in [2.75, 3.05) is 7.11 Å². The first kappa shape index (κ1) is 14.6. The summed E-state index contributed by atoms with van der Waals surface area (Å²) in [6, 6.07) is 15.7. The number of hydrogen-bond acceptors (Lipinski definition) is 3. The molecule has 1 unspecified atom stereocenters. The predicted octanol–water partition coefficient (Wildman–Crippen LogP) is 4.32. The fraction of sp³-hybridized carbons (Fsp3) is 0.167. The van der Waals surface area contributed by atoms with Crippen LogP contribution < -0.4 is 4.74 Å². The lowest BCUT2D eigenvalue weighted by Crippen LogP contribution is -2.14. The Morgan fingerprint density at radius 3 is 2.68 bits per heavy atom. The summed E-state index contributed by atoms with van der Waals surface area (Å²) in [6.45, 7) is 0. The van der Waals surface area contributed by atoms with Crippen LogP contribution in [0.3, 0.4) is 0 Å². The van der Waals surface area contributed by atoms with Crippen LogP contribution in [0.15, 0.2) is 53.9 Å². The van der Waals surface area contributed by atoms with Crippen LogP contribution in [0.25, 0.3) is 10.8 Å². The van der Waals surface area contributed by atoms with Gasteiger partial charge >= 0.3 is 5.97 Å². The van der Waals surface area contributed by atoms with Crippen LogP contribution in [0.1, 0.15) is 16.4 Å². The molecule has 3 aromatic rings. The summed E-state index contributed by atoms with van der Waals surface area (Å²) < 4.78 is 5.46. The maximum absolute atomic E-state index is 11.7. The Morgan fingerprint density at radius 1 is 1.18 bits per heavy atom.